The van der Waals surface area contributed by atoms with Crippen LogP contribution in [-0.4, -0.2) is 53.8 Å². The van der Waals surface area contributed by atoms with Gasteiger partial charge in [-0.15, -0.1) is 0 Å². The summed E-state index contributed by atoms with van der Waals surface area (Å²) >= 11 is 0. The minimum Gasteiger partial charge on any atom is -0.338 e. The highest BCUT2D eigenvalue weighted by molar-refractivity contribution is 6.02. The van der Waals surface area contributed by atoms with Gasteiger partial charge in [0.1, 0.15) is 6.04 Å². The quantitative estimate of drug-likeness (QED) is 0.620. The van der Waals surface area contributed by atoms with Gasteiger partial charge in [0.25, 0.3) is 0 Å². The van der Waals surface area contributed by atoms with E-state index in [9.17, 15) is 19.2 Å². The van der Waals surface area contributed by atoms with Gasteiger partial charge in [0.05, 0.1) is 0 Å². The average Bonchev–Trinajstić information content (AvgIpc) is 3.28. The second kappa shape index (κ2) is 8.09. The van der Waals surface area contributed by atoms with Crippen molar-refractivity contribution in [2.45, 2.75) is 69.9 Å². The largest absolute Gasteiger partial charge is 0.338 e. The van der Waals surface area contributed by atoms with Crippen LogP contribution in [0.25, 0.3) is 0 Å². The zero-order valence-corrected chi connectivity index (χ0v) is 16.2. The SMILES string of the molecule is O=C1CCC(N2CC3CCC(CNC(=O)NC4CCCC4)CC3C2=O)C(=O)N1. The first-order valence-electron chi connectivity index (χ1n) is 10.7. The molecule has 0 aromatic carbocycles. The fraction of sp³-hybridized carbons (Fsp3) is 0.800. The van der Waals surface area contributed by atoms with Crippen LogP contribution in [-0.2, 0) is 14.4 Å². The molecule has 0 aromatic heterocycles. The lowest BCUT2D eigenvalue weighted by atomic mass is 9.75. The number of rotatable bonds is 4. The molecule has 8 heteroatoms. The first kappa shape index (κ1) is 19.2. The number of piperidine rings is 1. The van der Waals surface area contributed by atoms with E-state index < -0.39 is 6.04 Å². The highest BCUT2D eigenvalue weighted by Gasteiger charge is 2.48. The third-order valence-electron chi connectivity index (χ3n) is 6.96. The van der Waals surface area contributed by atoms with Gasteiger partial charge in [-0.05, 0) is 50.4 Å². The van der Waals surface area contributed by atoms with Gasteiger partial charge in [-0.1, -0.05) is 12.8 Å². The number of imide groups is 1. The summed E-state index contributed by atoms with van der Waals surface area (Å²) in [6.45, 7) is 1.20. The maximum Gasteiger partial charge on any atom is 0.315 e. The van der Waals surface area contributed by atoms with Gasteiger partial charge in [0.15, 0.2) is 0 Å². The van der Waals surface area contributed by atoms with Crippen LogP contribution in [0.3, 0.4) is 0 Å². The number of fused-ring (bicyclic) bond motifs is 1. The number of likely N-dealkylation sites (tertiary alicyclic amines) is 1. The molecule has 28 heavy (non-hydrogen) atoms. The molecule has 154 valence electrons. The summed E-state index contributed by atoms with van der Waals surface area (Å²) in [5.41, 5.74) is 0. The number of nitrogens with one attached hydrogen (secondary N) is 3. The molecule has 2 aliphatic carbocycles. The van der Waals surface area contributed by atoms with Gasteiger partial charge in [-0.2, -0.15) is 0 Å². The molecule has 5 amide bonds. The number of hydrogen-bond acceptors (Lipinski definition) is 4. The van der Waals surface area contributed by atoms with Crippen LogP contribution in [0.15, 0.2) is 0 Å². The second-order valence-electron chi connectivity index (χ2n) is 8.84. The molecule has 3 N–H and O–H groups in total. The average molecular weight is 390 g/mol. The van der Waals surface area contributed by atoms with Gasteiger partial charge in [0, 0.05) is 31.5 Å². The van der Waals surface area contributed by atoms with E-state index in [1.807, 2.05) is 0 Å². The molecule has 0 bridgehead atoms. The van der Waals surface area contributed by atoms with E-state index in [1.54, 1.807) is 4.90 Å². The van der Waals surface area contributed by atoms with Crippen molar-refractivity contribution in [2.24, 2.45) is 17.8 Å². The van der Waals surface area contributed by atoms with Crippen molar-refractivity contribution in [1.82, 2.24) is 20.9 Å². The summed E-state index contributed by atoms with van der Waals surface area (Å²) < 4.78 is 0. The summed E-state index contributed by atoms with van der Waals surface area (Å²) in [5, 5.41) is 8.37. The number of nitrogens with zero attached hydrogens (tertiary/aromatic N) is 1. The van der Waals surface area contributed by atoms with E-state index in [0.717, 1.165) is 32.1 Å². The monoisotopic (exact) mass is 390 g/mol. The molecule has 0 radical (unpaired) electrons. The molecule has 2 saturated carbocycles. The van der Waals surface area contributed by atoms with E-state index in [0.29, 0.717) is 31.5 Å². The van der Waals surface area contributed by atoms with E-state index in [2.05, 4.69) is 16.0 Å². The first-order valence-corrected chi connectivity index (χ1v) is 10.7. The summed E-state index contributed by atoms with van der Waals surface area (Å²) in [4.78, 5) is 50.2. The molecular weight excluding hydrogens is 360 g/mol. The summed E-state index contributed by atoms with van der Waals surface area (Å²) in [5.74, 6) is -0.0522. The Balaban J connectivity index is 1.27. The molecule has 4 fully saturated rings. The molecule has 8 nitrogen and oxygen atoms in total. The van der Waals surface area contributed by atoms with E-state index >= 15 is 0 Å². The van der Waals surface area contributed by atoms with Gasteiger partial charge < -0.3 is 15.5 Å². The fourth-order valence-corrected chi connectivity index (χ4v) is 5.39. The van der Waals surface area contributed by atoms with Crippen molar-refractivity contribution in [3.63, 3.8) is 0 Å². The summed E-state index contributed by atoms with van der Waals surface area (Å²) in [6.07, 6.45) is 7.89. The predicted octanol–water partition coefficient (Wildman–Crippen LogP) is 0.908. The number of hydrogen-bond donors (Lipinski definition) is 3. The minimum absolute atomic E-state index is 0.0413. The maximum atomic E-state index is 12.9. The van der Waals surface area contributed by atoms with Crippen molar-refractivity contribution in [1.29, 1.82) is 0 Å². The van der Waals surface area contributed by atoms with Crippen molar-refractivity contribution >= 4 is 23.8 Å². The van der Waals surface area contributed by atoms with Crippen LogP contribution >= 0.6 is 0 Å². The van der Waals surface area contributed by atoms with Crippen LogP contribution < -0.4 is 16.0 Å². The Morgan fingerprint density at radius 2 is 1.86 bits per heavy atom. The van der Waals surface area contributed by atoms with E-state index in [-0.39, 0.29) is 42.0 Å². The zero-order valence-electron chi connectivity index (χ0n) is 16.2. The first-order chi connectivity index (χ1) is 13.5. The summed E-state index contributed by atoms with van der Waals surface area (Å²) in [6, 6.07) is -0.310. The van der Waals surface area contributed by atoms with Crippen LogP contribution in [0.2, 0.25) is 0 Å². The fourth-order valence-electron chi connectivity index (χ4n) is 5.39. The van der Waals surface area contributed by atoms with Crippen LogP contribution in [0.5, 0.6) is 0 Å². The number of carbonyl (C=O) groups is 4. The second-order valence-corrected chi connectivity index (χ2v) is 8.84. The Labute approximate surface area is 165 Å². The van der Waals surface area contributed by atoms with Gasteiger partial charge in [-0.25, -0.2) is 4.79 Å². The lowest BCUT2D eigenvalue weighted by Crippen LogP contribution is -2.53. The number of urea groups is 1. The Hall–Kier alpha value is -2.12. The van der Waals surface area contributed by atoms with Gasteiger partial charge in [0.2, 0.25) is 17.7 Å². The number of carbonyl (C=O) groups excluding carboxylic acids is 4. The Kier molecular flexibility index (Phi) is 5.55. The molecule has 4 aliphatic rings. The van der Waals surface area contributed by atoms with Crippen LogP contribution in [0.4, 0.5) is 4.79 Å². The molecule has 0 aromatic rings. The lowest BCUT2D eigenvalue weighted by molar-refractivity contribution is -0.144. The molecule has 2 saturated heterocycles. The Morgan fingerprint density at radius 3 is 2.61 bits per heavy atom. The molecular formula is C20H30N4O4. The molecule has 4 rings (SSSR count). The Bertz CT molecular complexity index is 661. The maximum absolute atomic E-state index is 12.9. The standard InChI is InChI=1S/C20H30N4O4/c25-17-8-7-16(18(26)23-17)24-11-13-6-5-12(9-15(13)19(24)27)10-21-20(28)22-14-3-1-2-4-14/h12-16H,1-11H2,(H2,21,22,28)(H,23,25,26). The van der Waals surface area contributed by atoms with E-state index in [4.69, 9.17) is 0 Å². The molecule has 0 spiro atoms. The van der Waals surface area contributed by atoms with Gasteiger partial charge >= 0.3 is 6.03 Å². The zero-order chi connectivity index (χ0) is 19.7. The van der Waals surface area contributed by atoms with Crippen LogP contribution in [0.1, 0.15) is 57.8 Å². The third kappa shape index (κ3) is 4.00. The topological polar surface area (TPSA) is 108 Å². The van der Waals surface area contributed by atoms with E-state index in [1.165, 1.54) is 12.8 Å². The minimum atomic E-state index is -0.510. The van der Waals surface area contributed by atoms with Crippen molar-refractivity contribution in [2.75, 3.05) is 13.1 Å². The third-order valence-corrected chi connectivity index (χ3v) is 6.96. The smallest absolute Gasteiger partial charge is 0.315 e. The van der Waals surface area contributed by atoms with Gasteiger partial charge in [-0.3, -0.25) is 19.7 Å². The summed E-state index contributed by atoms with van der Waals surface area (Å²) in [7, 11) is 0. The van der Waals surface area contributed by atoms with Crippen molar-refractivity contribution in [3.05, 3.63) is 0 Å². The highest BCUT2D eigenvalue weighted by Crippen LogP contribution is 2.41. The van der Waals surface area contributed by atoms with Crippen molar-refractivity contribution in [3.8, 4) is 0 Å². The molecule has 4 unspecified atom stereocenters. The Morgan fingerprint density at radius 1 is 1.07 bits per heavy atom. The molecule has 2 heterocycles. The van der Waals surface area contributed by atoms with Crippen LogP contribution in [0, 0.1) is 17.8 Å². The molecule has 4 atom stereocenters. The normalized spacial score (nSPS) is 33.6. The van der Waals surface area contributed by atoms with Crippen molar-refractivity contribution < 1.29 is 19.2 Å². The molecule has 2 aliphatic heterocycles. The lowest BCUT2D eigenvalue weighted by Gasteiger charge is -2.30. The number of amides is 5. The predicted molar refractivity (Wildman–Crippen MR) is 101 cm³/mol. The highest BCUT2D eigenvalue weighted by atomic mass is 16.2.